The Balaban J connectivity index is 1.69. The molecule has 3 N–H and O–H groups in total. The highest BCUT2D eigenvalue weighted by Crippen LogP contribution is 2.32. The van der Waals surface area contributed by atoms with Crippen LogP contribution in [0.3, 0.4) is 0 Å². The van der Waals surface area contributed by atoms with Crippen molar-refractivity contribution >= 4 is 23.0 Å². The molecule has 5 heteroatoms. The maximum Gasteiger partial charge on any atom is 0.0954 e. The van der Waals surface area contributed by atoms with Gasteiger partial charge >= 0.3 is 0 Å². The predicted molar refractivity (Wildman–Crippen MR) is 112 cm³/mol. The van der Waals surface area contributed by atoms with Crippen molar-refractivity contribution < 1.29 is 0 Å². The van der Waals surface area contributed by atoms with E-state index in [9.17, 15) is 0 Å². The van der Waals surface area contributed by atoms with Gasteiger partial charge in [0.15, 0.2) is 0 Å². The molecule has 1 fully saturated rings. The molecule has 1 aliphatic rings. The molecule has 1 atom stereocenters. The lowest BCUT2D eigenvalue weighted by Gasteiger charge is -2.26. The summed E-state index contributed by atoms with van der Waals surface area (Å²) in [4.78, 5) is 4.24. The average molecular weight is 381 g/mol. The minimum Gasteiger partial charge on any atom is -0.397 e. The minimum absolute atomic E-state index is 0.0253. The smallest absolute Gasteiger partial charge is 0.0954 e. The van der Waals surface area contributed by atoms with E-state index in [4.69, 9.17) is 17.3 Å². The first kappa shape index (κ1) is 17.9. The third kappa shape index (κ3) is 4.11. The molecule has 1 aliphatic carbocycles. The van der Waals surface area contributed by atoms with Gasteiger partial charge in [0.1, 0.15) is 0 Å². The molecule has 1 aromatic heterocycles. The number of halogens is 1. The second-order valence-electron chi connectivity index (χ2n) is 7.29. The summed E-state index contributed by atoms with van der Waals surface area (Å²) in [6.45, 7) is 0. The highest BCUT2D eigenvalue weighted by molar-refractivity contribution is 6.30. The van der Waals surface area contributed by atoms with Crippen LogP contribution in [0.1, 0.15) is 49.3 Å². The lowest BCUT2D eigenvalue weighted by molar-refractivity contribution is 0.463. The summed E-state index contributed by atoms with van der Waals surface area (Å²) in [6.07, 6.45) is 12.0. The first-order chi connectivity index (χ1) is 13.2. The van der Waals surface area contributed by atoms with Crippen LogP contribution in [0, 0.1) is 0 Å². The summed E-state index contributed by atoms with van der Waals surface area (Å²) in [5.74, 6) is 0. The number of aromatic nitrogens is 2. The van der Waals surface area contributed by atoms with E-state index < -0.39 is 0 Å². The van der Waals surface area contributed by atoms with Crippen LogP contribution in [-0.2, 0) is 0 Å². The van der Waals surface area contributed by atoms with Crippen LogP contribution in [0.2, 0.25) is 5.02 Å². The number of hydrogen-bond acceptors (Lipinski definition) is 3. The highest BCUT2D eigenvalue weighted by Gasteiger charge is 2.19. The maximum absolute atomic E-state index is 6.28. The molecule has 0 amide bonds. The van der Waals surface area contributed by atoms with Crippen molar-refractivity contribution in [3.8, 4) is 0 Å². The maximum atomic E-state index is 6.28. The van der Waals surface area contributed by atoms with E-state index in [0.29, 0.717) is 6.04 Å². The summed E-state index contributed by atoms with van der Waals surface area (Å²) < 4.78 is 2.11. The quantitative estimate of drug-likeness (QED) is 0.574. The lowest BCUT2D eigenvalue weighted by atomic mass is 9.94. The number of nitrogens with zero attached hydrogens (tertiary/aromatic N) is 2. The van der Waals surface area contributed by atoms with Gasteiger partial charge in [0.2, 0.25) is 0 Å². The fourth-order valence-corrected chi connectivity index (χ4v) is 4.07. The SMILES string of the molecule is Nc1ccc(C(c2ccc(Cl)cc2)n2ccnc2)cc1NC1CCCCC1. The van der Waals surface area contributed by atoms with Gasteiger partial charge in [-0.25, -0.2) is 4.98 Å². The Bertz CT molecular complexity index is 868. The van der Waals surface area contributed by atoms with E-state index in [1.807, 2.05) is 30.7 Å². The summed E-state index contributed by atoms with van der Waals surface area (Å²) in [6, 6.07) is 14.8. The molecule has 1 saturated carbocycles. The van der Waals surface area contributed by atoms with Crippen LogP contribution in [0.5, 0.6) is 0 Å². The zero-order valence-electron chi connectivity index (χ0n) is 15.3. The first-order valence-electron chi connectivity index (χ1n) is 9.59. The van der Waals surface area contributed by atoms with Crippen LogP contribution < -0.4 is 11.1 Å². The Morgan fingerprint density at radius 2 is 1.78 bits per heavy atom. The van der Waals surface area contributed by atoms with Crippen molar-refractivity contribution in [1.29, 1.82) is 0 Å². The van der Waals surface area contributed by atoms with E-state index in [-0.39, 0.29) is 6.04 Å². The van der Waals surface area contributed by atoms with Gasteiger partial charge < -0.3 is 15.6 Å². The number of imidazole rings is 1. The van der Waals surface area contributed by atoms with Crippen molar-refractivity contribution in [2.45, 2.75) is 44.2 Å². The van der Waals surface area contributed by atoms with Gasteiger partial charge in [-0.2, -0.15) is 0 Å². The van der Waals surface area contributed by atoms with E-state index >= 15 is 0 Å². The third-order valence-corrected chi connectivity index (χ3v) is 5.62. The lowest BCUT2D eigenvalue weighted by Crippen LogP contribution is -2.23. The van der Waals surface area contributed by atoms with Gasteiger partial charge in [-0.3, -0.25) is 0 Å². The average Bonchev–Trinajstić information content (AvgIpc) is 3.21. The molecule has 140 valence electrons. The van der Waals surface area contributed by atoms with Gasteiger partial charge in [-0.15, -0.1) is 0 Å². The van der Waals surface area contributed by atoms with Crippen molar-refractivity contribution in [2.24, 2.45) is 0 Å². The molecular formula is C22H25ClN4. The Labute approximate surface area is 165 Å². The standard InChI is InChI=1S/C22H25ClN4/c23-18-9-6-16(7-10-18)22(27-13-12-25-15-27)17-8-11-20(24)21(14-17)26-19-4-2-1-3-5-19/h6-15,19,22,26H,1-5,24H2. The molecule has 1 unspecified atom stereocenters. The Kier molecular flexibility index (Phi) is 5.35. The predicted octanol–water partition coefficient (Wildman–Crippen LogP) is 5.50. The summed E-state index contributed by atoms with van der Waals surface area (Å²) in [5.41, 5.74) is 10.4. The number of nitrogen functional groups attached to an aromatic ring is 1. The molecule has 0 radical (unpaired) electrons. The summed E-state index contributed by atoms with van der Waals surface area (Å²) in [5, 5.41) is 4.42. The fourth-order valence-electron chi connectivity index (χ4n) is 3.94. The van der Waals surface area contributed by atoms with Crippen molar-refractivity contribution in [2.75, 3.05) is 11.1 Å². The molecule has 1 heterocycles. The van der Waals surface area contributed by atoms with Crippen LogP contribution in [0.4, 0.5) is 11.4 Å². The van der Waals surface area contributed by atoms with Gasteiger partial charge in [0.05, 0.1) is 23.7 Å². The molecule has 0 bridgehead atoms. The fraction of sp³-hybridized carbons (Fsp3) is 0.318. The largest absolute Gasteiger partial charge is 0.397 e. The number of hydrogen-bond donors (Lipinski definition) is 2. The molecule has 4 nitrogen and oxygen atoms in total. The van der Waals surface area contributed by atoms with Gasteiger partial charge in [-0.05, 0) is 48.2 Å². The van der Waals surface area contributed by atoms with Gasteiger partial charge in [0.25, 0.3) is 0 Å². The van der Waals surface area contributed by atoms with E-state index in [0.717, 1.165) is 22.0 Å². The second-order valence-corrected chi connectivity index (χ2v) is 7.73. The Morgan fingerprint density at radius 1 is 1.04 bits per heavy atom. The van der Waals surface area contributed by atoms with Crippen molar-refractivity contribution in [3.63, 3.8) is 0 Å². The molecule has 0 spiro atoms. The van der Waals surface area contributed by atoms with Gasteiger partial charge in [-0.1, -0.05) is 49.1 Å². The number of anilines is 2. The number of nitrogens with one attached hydrogen (secondary N) is 1. The molecule has 0 aliphatic heterocycles. The first-order valence-corrected chi connectivity index (χ1v) is 9.97. The number of benzene rings is 2. The van der Waals surface area contributed by atoms with Crippen molar-refractivity contribution in [3.05, 3.63) is 77.3 Å². The Morgan fingerprint density at radius 3 is 2.48 bits per heavy atom. The number of rotatable bonds is 5. The van der Waals surface area contributed by atoms with E-state index in [1.54, 1.807) is 6.20 Å². The zero-order chi connectivity index (χ0) is 18.6. The van der Waals surface area contributed by atoms with Crippen LogP contribution in [-0.4, -0.2) is 15.6 Å². The molecule has 27 heavy (non-hydrogen) atoms. The monoisotopic (exact) mass is 380 g/mol. The van der Waals surface area contributed by atoms with Crippen LogP contribution in [0.25, 0.3) is 0 Å². The second kappa shape index (κ2) is 8.05. The molecular weight excluding hydrogens is 356 g/mol. The van der Waals surface area contributed by atoms with Crippen LogP contribution >= 0.6 is 11.6 Å². The summed E-state index contributed by atoms with van der Waals surface area (Å²) >= 11 is 6.10. The topological polar surface area (TPSA) is 55.9 Å². The molecule has 4 rings (SSSR count). The number of nitrogens with two attached hydrogens (primary N) is 1. The third-order valence-electron chi connectivity index (χ3n) is 5.37. The summed E-state index contributed by atoms with van der Waals surface area (Å²) in [7, 11) is 0. The zero-order valence-corrected chi connectivity index (χ0v) is 16.1. The normalized spacial score (nSPS) is 16.2. The minimum atomic E-state index is 0.0253. The van der Waals surface area contributed by atoms with Crippen LogP contribution in [0.15, 0.2) is 61.2 Å². The molecule has 2 aromatic carbocycles. The van der Waals surface area contributed by atoms with E-state index in [1.165, 1.54) is 37.7 Å². The highest BCUT2D eigenvalue weighted by atomic mass is 35.5. The molecule has 0 saturated heterocycles. The van der Waals surface area contributed by atoms with Crippen molar-refractivity contribution in [1.82, 2.24) is 9.55 Å². The Hall–Kier alpha value is -2.46. The van der Waals surface area contributed by atoms with E-state index in [2.05, 4.69) is 39.1 Å². The molecule has 3 aromatic rings. The van der Waals surface area contributed by atoms with Gasteiger partial charge in [0, 0.05) is 23.5 Å².